The summed E-state index contributed by atoms with van der Waals surface area (Å²) < 4.78 is 5.49. The highest BCUT2D eigenvalue weighted by molar-refractivity contribution is 14.0. The Morgan fingerprint density at radius 1 is 1.30 bits per heavy atom. The fraction of sp³-hybridized carbons (Fsp3) is 0.938. The van der Waals surface area contributed by atoms with Crippen molar-refractivity contribution in [3.05, 3.63) is 0 Å². The van der Waals surface area contributed by atoms with Gasteiger partial charge < -0.3 is 15.8 Å². The molecule has 2 fully saturated rings. The maximum atomic E-state index is 6.04. The van der Waals surface area contributed by atoms with Crippen LogP contribution in [0.4, 0.5) is 0 Å². The molecule has 1 atom stereocenters. The number of aliphatic imine (C=N–C) groups is 1. The molecule has 0 aromatic carbocycles. The van der Waals surface area contributed by atoms with Crippen LogP contribution >= 0.6 is 35.7 Å². The van der Waals surface area contributed by atoms with Gasteiger partial charge in [-0.15, -0.1) is 24.0 Å². The van der Waals surface area contributed by atoms with Gasteiger partial charge in [-0.2, -0.15) is 11.8 Å². The molecule has 136 valence electrons. The summed E-state index contributed by atoms with van der Waals surface area (Å²) in [5, 5.41) is 3.26. The zero-order valence-electron chi connectivity index (χ0n) is 14.4. The minimum absolute atomic E-state index is 0. The molecule has 0 bridgehead atoms. The second-order valence-corrected chi connectivity index (χ2v) is 7.42. The molecule has 0 saturated carbocycles. The third kappa shape index (κ3) is 6.96. The molecule has 5 nitrogen and oxygen atoms in total. The van der Waals surface area contributed by atoms with E-state index in [-0.39, 0.29) is 29.5 Å². The van der Waals surface area contributed by atoms with E-state index < -0.39 is 0 Å². The average molecular weight is 456 g/mol. The van der Waals surface area contributed by atoms with Gasteiger partial charge in [0.15, 0.2) is 5.96 Å². The van der Waals surface area contributed by atoms with Crippen LogP contribution in [-0.2, 0) is 4.74 Å². The average Bonchev–Trinajstić information content (AvgIpc) is 3.04. The Labute approximate surface area is 162 Å². The SMILES string of the molecule is CCCCCCNC(N)=NCC1(N2CCOCC2)CCSC1.I. The van der Waals surface area contributed by atoms with Crippen LogP contribution in [0.3, 0.4) is 0 Å². The summed E-state index contributed by atoms with van der Waals surface area (Å²) in [6, 6.07) is 0. The van der Waals surface area contributed by atoms with Crippen molar-refractivity contribution in [1.82, 2.24) is 10.2 Å². The third-order valence-corrected chi connectivity index (χ3v) is 5.88. The first-order valence-electron chi connectivity index (χ1n) is 8.71. The molecule has 23 heavy (non-hydrogen) atoms. The van der Waals surface area contributed by atoms with Crippen LogP contribution in [0.1, 0.15) is 39.0 Å². The lowest BCUT2D eigenvalue weighted by atomic mass is 9.96. The van der Waals surface area contributed by atoms with Gasteiger partial charge in [-0.1, -0.05) is 26.2 Å². The van der Waals surface area contributed by atoms with Gasteiger partial charge in [0.25, 0.3) is 0 Å². The fourth-order valence-corrected chi connectivity index (χ4v) is 4.63. The van der Waals surface area contributed by atoms with Crippen LogP contribution in [0, 0.1) is 0 Å². The maximum absolute atomic E-state index is 6.04. The highest BCUT2D eigenvalue weighted by Gasteiger charge is 2.40. The van der Waals surface area contributed by atoms with E-state index in [1.807, 2.05) is 11.8 Å². The van der Waals surface area contributed by atoms with Crippen molar-refractivity contribution in [3.8, 4) is 0 Å². The lowest BCUT2D eigenvalue weighted by Crippen LogP contribution is -2.56. The largest absolute Gasteiger partial charge is 0.379 e. The van der Waals surface area contributed by atoms with Gasteiger partial charge in [-0.25, -0.2) is 0 Å². The van der Waals surface area contributed by atoms with E-state index in [1.54, 1.807) is 0 Å². The number of guanidine groups is 1. The minimum atomic E-state index is 0. The van der Waals surface area contributed by atoms with Crippen molar-refractivity contribution < 1.29 is 4.74 Å². The van der Waals surface area contributed by atoms with E-state index in [1.165, 1.54) is 43.6 Å². The summed E-state index contributed by atoms with van der Waals surface area (Å²) in [5.74, 6) is 3.01. The van der Waals surface area contributed by atoms with Crippen LogP contribution in [0.25, 0.3) is 0 Å². The molecule has 3 N–H and O–H groups in total. The topological polar surface area (TPSA) is 62.9 Å². The maximum Gasteiger partial charge on any atom is 0.188 e. The molecule has 0 aromatic heterocycles. The van der Waals surface area contributed by atoms with E-state index in [9.17, 15) is 0 Å². The van der Waals surface area contributed by atoms with Gasteiger partial charge in [-0.05, 0) is 18.6 Å². The predicted octanol–water partition coefficient (Wildman–Crippen LogP) is 2.30. The van der Waals surface area contributed by atoms with Crippen molar-refractivity contribution in [1.29, 1.82) is 0 Å². The standard InChI is InChI=1S/C16H32N4OS.HI/c1-2-3-4-5-7-18-15(17)19-13-16(6-12-22-14-16)20-8-10-21-11-9-20;/h2-14H2,1H3,(H3,17,18,19);1H. The van der Waals surface area contributed by atoms with E-state index in [0.29, 0.717) is 5.96 Å². The van der Waals surface area contributed by atoms with Gasteiger partial charge in [-0.3, -0.25) is 9.89 Å². The van der Waals surface area contributed by atoms with Crippen LogP contribution in [-0.4, -0.2) is 67.3 Å². The molecule has 1 unspecified atom stereocenters. The normalized spacial score (nSPS) is 26.0. The molecular weight excluding hydrogens is 423 g/mol. The Bertz CT molecular complexity index is 345. The second-order valence-electron chi connectivity index (χ2n) is 6.32. The Morgan fingerprint density at radius 3 is 2.74 bits per heavy atom. The van der Waals surface area contributed by atoms with Gasteiger partial charge in [0.1, 0.15) is 0 Å². The lowest BCUT2D eigenvalue weighted by molar-refractivity contribution is -0.0104. The summed E-state index contributed by atoms with van der Waals surface area (Å²) in [7, 11) is 0. The van der Waals surface area contributed by atoms with Crippen LogP contribution < -0.4 is 11.1 Å². The Hall–Kier alpha value is 0.270. The molecule has 0 spiro atoms. The molecule has 0 radical (unpaired) electrons. The summed E-state index contributed by atoms with van der Waals surface area (Å²) in [6.45, 7) is 7.74. The number of unbranched alkanes of at least 4 members (excludes halogenated alkanes) is 3. The first-order chi connectivity index (χ1) is 10.8. The quantitative estimate of drug-likeness (QED) is 0.254. The highest BCUT2D eigenvalue weighted by atomic mass is 127. The number of morpholine rings is 1. The third-order valence-electron chi connectivity index (χ3n) is 4.64. The molecule has 2 saturated heterocycles. The van der Waals surface area contributed by atoms with E-state index in [2.05, 4.69) is 22.1 Å². The number of rotatable bonds is 8. The summed E-state index contributed by atoms with van der Waals surface area (Å²) in [4.78, 5) is 7.24. The number of hydrogen-bond donors (Lipinski definition) is 2. The summed E-state index contributed by atoms with van der Waals surface area (Å²) in [6.07, 6.45) is 6.23. The van der Waals surface area contributed by atoms with E-state index in [4.69, 9.17) is 10.5 Å². The van der Waals surface area contributed by atoms with Gasteiger partial charge in [0.2, 0.25) is 0 Å². The first-order valence-corrected chi connectivity index (χ1v) is 9.87. The van der Waals surface area contributed by atoms with Gasteiger partial charge in [0.05, 0.1) is 25.3 Å². The van der Waals surface area contributed by atoms with Crippen molar-refractivity contribution >= 4 is 41.7 Å². The second kappa shape index (κ2) is 11.8. The number of nitrogens with one attached hydrogen (secondary N) is 1. The smallest absolute Gasteiger partial charge is 0.188 e. The van der Waals surface area contributed by atoms with Crippen LogP contribution in [0.15, 0.2) is 4.99 Å². The number of halogens is 1. The van der Waals surface area contributed by atoms with Crippen molar-refractivity contribution in [2.24, 2.45) is 10.7 Å². The Balaban J connectivity index is 0.00000264. The number of ether oxygens (including phenoxy) is 1. The molecule has 0 aromatic rings. The Morgan fingerprint density at radius 2 is 2.09 bits per heavy atom. The number of hydrogen-bond acceptors (Lipinski definition) is 4. The van der Waals surface area contributed by atoms with E-state index >= 15 is 0 Å². The lowest BCUT2D eigenvalue weighted by Gasteiger charge is -2.42. The zero-order chi connectivity index (χ0) is 15.7. The molecular formula is C16H33IN4OS. The van der Waals surface area contributed by atoms with Crippen LogP contribution in [0.5, 0.6) is 0 Å². The van der Waals surface area contributed by atoms with Crippen molar-refractivity contribution in [2.75, 3.05) is 50.9 Å². The molecule has 7 heteroatoms. The van der Waals surface area contributed by atoms with Crippen molar-refractivity contribution in [2.45, 2.75) is 44.6 Å². The summed E-state index contributed by atoms with van der Waals surface area (Å²) >= 11 is 2.04. The van der Waals surface area contributed by atoms with E-state index in [0.717, 1.165) is 39.4 Å². The molecule has 0 amide bonds. The minimum Gasteiger partial charge on any atom is -0.379 e. The summed E-state index contributed by atoms with van der Waals surface area (Å²) in [5.41, 5.74) is 6.24. The molecule has 2 aliphatic rings. The van der Waals surface area contributed by atoms with Gasteiger partial charge >= 0.3 is 0 Å². The number of nitrogens with two attached hydrogens (primary N) is 1. The molecule has 2 aliphatic heterocycles. The highest BCUT2D eigenvalue weighted by Crippen LogP contribution is 2.34. The molecule has 2 heterocycles. The predicted molar refractivity (Wildman–Crippen MR) is 111 cm³/mol. The molecule has 2 rings (SSSR count). The van der Waals surface area contributed by atoms with Gasteiger partial charge in [0, 0.05) is 25.4 Å². The molecule has 0 aliphatic carbocycles. The number of thioether (sulfide) groups is 1. The van der Waals surface area contributed by atoms with Crippen LogP contribution in [0.2, 0.25) is 0 Å². The zero-order valence-corrected chi connectivity index (χ0v) is 17.5. The van der Waals surface area contributed by atoms with Crippen molar-refractivity contribution in [3.63, 3.8) is 0 Å². The monoisotopic (exact) mass is 456 g/mol. The fourth-order valence-electron chi connectivity index (χ4n) is 3.16. The Kier molecular flexibility index (Phi) is 10.9. The number of nitrogens with zero attached hydrogens (tertiary/aromatic N) is 2. The first kappa shape index (κ1) is 21.3.